The molecule has 2 aromatic rings. The fourth-order valence-electron chi connectivity index (χ4n) is 6.41. The van der Waals surface area contributed by atoms with Crippen molar-refractivity contribution in [1.82, 2.24) is 19.6 Å². The molecule has 0 radical (unpaired) electrons. The number of nitrogens with one attached hydrogen (secondary N) is 2. The molecule has 4 saturated heterocycles. The van der Waals surface area contributed by atoms with Gasteiger partial charge < -0.3 is 39.7 Å². The minimum absolute atomic E-state index is 0.0896. The van der Waals surface area contributed by atoms with Crippen LogP contribution in [0.4, 0.5) is 21.0 Å². The van der Waals surface area contributed by atoms with Crippen molar-refractivity contribution in [2.75, 3.05) is 76.3 Å². The number of nitrogens with zero attached hydrogens (tertiary/aromatic N) is 4. The highest BCUT2D eigenvalue weighted by molar-refractivity contribution is 5.98. The van der Waals surface area contributed by atoms with Crippen molar-refractivity contribution in [2.45, 2.75) is 37.8 Å². The van der Waals surface area contributed by atoms with Crippen molar-refractivity contribution < 1.29 is 28.7 Å². The van der Waals surface area contributed by atoms with Crippen LogP contribution < -0.4 is 10.6 Å². The molecule has 12 heteroatoms. The first-order chi connectivity index (χ1) is 22.5. The van der Waals surface area contributed by atoms with Crippen LogP contribution in [0.25, 0.3) is 12.2 Å². The van der Waals surface area contributed by atoms with E-state index in [1.807, 2.05) is 60.7 Å². The molecule has 6 amide bonds. The van der Waals surface area contributed by atoms with Gasteiger partial charge in [0, 0.05) is 50.6 Å². The predicted octanol–water partition coefficient (Wildman–Crippen LogP) is 3.57. The molecular weight excluding hydrogens is 588 g/mol. The second kappa shape index (κ2) is 14.8. The van der Waals surface area contributed by atoms with E-state index in [9.17, 15) is 19.2 Å². The molecule has 0 aromatic heterocycles. The molecule has 4 aliphatic heterocycles. The lowest BCUT2D eigenvalue weighted by Gasteiger charge is -2.33. The molecule has 12 nitrogen and oxygen atoms in total. The Balaban J connectivity index is 0.987. The Morgan fingerprint density at radius 2 is 0.935 bits per heavy atom. The van der Waals surface area contributed by atoms with Crippen molar-refractivity contribution >= 4 is 47.4 Å². The van der Waals surface area contributed by atoms with Crippen LogP contribution in [0.2, 0.25) is 0 Å². The first-order valence-corrected chi connectivity index (χ1v) is 16.2. The number of ether oxygens (including phenoxy) is 2. The van der Waals surface area contributed by atoms with Crippen LogP contribution >= 0.6 is 0 Å². The summed E-state index contributed by atoms with van der Waals surface area (Å²) in [6.45, 7) is 5.50. The lowest BCUT2D eigenvalue weighted by Crippen LogP contribution is -2.52. The van der Waals surface area contributed by atoms with Gasteiger partial charge in [0.1, 0.15) is 12.1 Å². The minimum Gasteiger partial charge on any atom is -0.378 e. The Hall–Kier alpha value is -4.42. The summed E-state index contributed by atoms with van der Waals surface area (Å²) in [5.41, 5.74) is 3.29. The van der Waals surface area contributed by atoms with E-state index < -0.39 is 12.1 Å². The summed E-state index contributed by atoms with van der Waals surface area (Å²) < 4.78 is 10.7. The van der Waals surface area contributed by atoms with Crippen LogP contribution in [0.5, 0.6) is 0 Å². The van der Waals surface area contributed by atoms with E-state index in [4.69, 9.17) is 9.47 Å². The highest BCUT2D eigenvalue weighted by Gasteiger charge is 2.38. The van der Waals surface area contributed by atoms with Gasteiger partial charge in [0.15, 0.2) is 0 Å². The normalized spacial score (nSPS) is 21.9. The first-order valence-electron chi connectivity index (χ1n) is 16.2. The Morgan fingerprint density at radius 3 is 1.30 bits per heavy atom. The maximum absolute atomic E-state index is 13.1. The maximum atomic E-state index is 13.1. The average Bonchev–Trinajstić information content (AvgIpc) is 3.80. The third-order valence-electron chi connectivity index (χ3n) is 8.99. The van der Waals surface area contributed by atoms with Gasteiger partial charge in [-0.1, -0.05) is 36.4 Å². The van der Waals surface area contributed by atoms with Gasteiger partial charge in [-0.3, -0.25) is 9.59 Å². The van der Waals surface area contributed by atoms with Crippen molar-refractivity contribution in [3.05, 3.63) is 59.7 Å². The van der Waals surface area contributed by atoms with E-state index in [0.29, 0.717) is 89.9 Å². The third kappa shape index (κ3) is 7.51. The molecule has 6 rings (SSSR count). The molecule has 0 aliphatic carbocycles. The van der Waals surface area contributed by atoms with Crippen molar-refractivity contribution in [1.29, 1.82) is 0 Å². The van der Waals surface area contributed by atoms with Crippen LogP contribution in [-0.4, -0.2) is 121 Å². The maximum Gasteiger partial charge on any atom is 0.320 e. The van der Waals surface area contributed by atoms with Crippen molar-refractivity contribution in [3.63, 3.8) is 0 Å². The zero-order valence-electron chi connectivity index (χ0n) is 26.1. The van der Waals surface area contributed by atoms with Gasteiger partial charge in [0.05, 0.1) is 26.4 Å². The molecular formula is C34H42N6O6. The molecule has 0 unspecified atom stereocenters. The number of anilines is 2. The SMILES string of the molecule is O=C(Nc1ccc(C=Cc2ccc(NC(=O)[C@@H]3CCCN3C(=O)N3CCOCC3)cc2)cc1)[C@@H]1CCCN1C(=O)N1CCOCC1. The molecule has 2 N–H and O–H groups in total. The summed E-state index contributed by atoms with van der Waals surface area (Å²) in [4.78, 5) is 59.0. The molecule has 2 atom stereocenters. The van der Waals surface area contributed by atoms with Gasteiger partial charge in [-0.25, -0.2) is 9.59 Å². The molecule has 244 valence electrons. The zero-order valence-corrected chi connectivity index (χ0v) is 26.1. The fraction of sp³-hybridized carbons (Fsp3) is 0.471. The number of likely N-dealkylation sites (tertiary alicyclic amines) is 2. The van der Waals surface area contributed by atoms with E-state index in [-0.39, 0.29) is 23.9 Å². The van der Waals surface area contributed by atoms with Gasteiger partial charge in [0.25, 0.3) is 0 Å². The van der Waals surface area contributed by atoms with Gasteiger partial charge in [-0.05, 0) is 61.1 Å². The van der Waals surface area contributed by atoms with E-state index in [2.05, 4.69) is 10.6 Å². The summed E-state index contributed by atoms with van der Waals surface area (Å²) in [7, 11) is 0. The Labute approximate surface area is 269 Å². The van der Waals surface area contributed by atoms with E-state index in [0.717, 1.165) is 24.0 Å². The van der Waals surface area contributed by atoms with Crippen LogP contribution in [0.15, 0.2) is 48.5 Å². The predicted molar refractivity (Wildman–Crippen MR) is 174 cm³/mol. The molecule has 46 heavy (non-hydrogen) atoms. The van der Waals surface area contributed by atoms with E-state index in [1.54, 1.807) is 19.6 Å². The zero-order chi connectivity index (χ0) is 31.9. The minimum atomic E-state index is -0.475. The van der Waals surface area contributed by atoms with Gasteiger partial charge in [-0.15, -0.1) is 0 Å². The van der Waals surface area contributed by atoms with Crippen molar-refractivity contribution in [3.8, 4) is 0 Å². The number of carbonyl (C=O) groups is 4. The number of benzene rings is 2. The molecule has 0 spiro atoms. The molecule has 4 heterocycles. The summed E-state index contributed by atoms with van der Waals surface area (Å²) in [5, 5.41) is 5.95. The molecule has 0 bridgehead atoms. The summed E-state index contributed by atoms with van der Waals surface area (Å²) in [6.07, 6.45) is 6.87. The van der Waals surface area contributed by atoms with Gasteiger partial charge in [0.2, 0.25) is 11.8 Å². The van der Waals surface area contributed by atoms with Crippen LogP contribution in [0.1, 0.15) is 36.8 Å². The highest BCUT2D eigenvalue weighted by atomic mass is 16.5. The first kappa shape index (κ1) is 31.6. The molecule has 0 saturated carbocycles. The monoisotopic (exact) mass is 630 g/mol. The van der Waals surface area contributed by atoms with Crippen LogP contribution in [0, 0.1) is 0 Å². The second-order valence-electron chi connectivity index (χ2n) is 12.0. The topological polar surface area (TPSA) is 124 Å². The summed E-state index contributed by atoms with van der Waals surface area (Å²) in [5.74, 6) is -0.335. The Bertz CT molecular complexity index is 1310. The molecule has 4 aliphatic rings. The number of hydrogen-bond donors (Lipinski definition) is 2. The standard InChI is InChI=1S/C34H42N6O6/c41-31(29-3-1-15-39(29)33(43)37-17-21-45-22-18-37)35-27-11-7-25(8-12-27)5-6-26-9-13-28(14-10-26)36-32(42)30-4-2-16-40(30)34(44)38-19-23-46-24-20-38/h5-14,29-30H,1-4,15-24H2,(H,35,41)(H,36,42)/t29-,30-/m0/s1. The van der Waals surface area contributed by atoms with Gasteiger partial charge in [-0.2, -0.15) is 0 Å². The lowest BCUT2D eigenvalue weighted by molar-refractivity contribution is -0.120. The average molecular weight is 631 g/mol. The van der Waals surface area contributed by atoms with Crippen LogP contribution in [-0.2, 0) is 19.1 Å². The highest BCUT2D eigenvalue weighted by Crippen LogP contribution is 2.24. The molecule has 4 fully saturated rings. The summed E-state index contributed by atoms with van der Waals surface area (Å²) >= 11 is 0. The second-order valence-corrected chi connectivity index (χ2v) is 12.0. The largest absolute Gasteiger partial charge is 0.378 e. The number of carbonyl (C=O) groups excluding carboxylic acids is 4. The van der Waals surface area contributed by atoms with Crippen molar-refractivity contribution in [2.24, 2.45) is 0 Å². The smallest absolute Gasteiger partial charge is 0.320 e. The van der Waals surface area contributed by atoms with Gasteiger partial charge >= 0.3 is 12.1 Å². The van der Waals surface area contributed by atoms with E-state index >= 15 is 0 Å². The third-order valence-corrected chi connectivity index (χ3v) is 8.99. The van der Waals surface area contributed by atoms with Crippen LogP contribution in [0.3, 0.4) is 0 Å². The Kier molecular flexibility index (Phi) is 10.1. The number of morpholine rings is 2. The van der Waals surface area contributed by atoms with E-state index in [1.165, 1.54) is 0 Å². The Morgan fingerprint density at radius 1 is 0.565 bits per heavy atom. The quantitative estimate of drug-likeness (QED) is 0.471. The lowest BCUT2D eigenvalue weighted by atomic mass is 10.1. The number of urea groups is 2. The number of amides is 6. The number of hydrogen-bond acceptors (Lipinski definition) is 6. The summed E-state index contributed by atoms with van der Waals surface area (Å²) in [6, 6.07) is 14.0. The molecule has 2 aromatic carbocycles. The fourth-order valence-corrected chi connectivity index (χ4v) is 6.41. The number of rotatable bonds is 6.